The molecule has 0 aliphatic carbocycles. The summed E-state index contributed by atoms with van der Waals surface area (Å²) in [6, 6.07) is 0. The number of phosphoric ester groups is 1. The average molecular weight is 1080 g/mol. The smallest absolute Gasteiger partial charge is 0.396 e. The van der Waals surface area contributed by atoms with E-state index in [1.54, 1.807) is 6.92 Å². The number of aliphatic hydroxyl groups is 4. The molecule has 1 aromatic rings. The molecule has 0 bridgehead atoms. The number of nitrogens with zero attached hydrogens (tertiary/aromatic N) is 2. The second kappa shape index (κ2) is 32.2. The van der Waals surface area contributed by atoms with Gasteiger partial charge in [0.2, 0.25) is 17.7 Å². The highest BCUT2D eigenvalue weighted by Crippen LogP contribution is 2.45. The Morgan fingerprint density at radius 2 is 1.52 bits per heavy atom. The molecule has 25 heteroatoms. The fourth-order valence-electron chi connectivity index (χ4n) is 8.74. The van der Waals surface area contributed by atoms with Crippen LogP contribution in [-0.4, -0.2) is 177 Å². The number of ether oxygens (including phenoxy) is 4. The van der Waals surface area contributed by atoms with Gasteiger partial charge < -0.3 is 49.6 Å². The van der Waals surface area contributed by atoms with E-state index in [4.69, 9.17) is 28.0 Å². The number of ketones is 2. The van der Waals surface area contributed by atoms with Crippen molar-refractivity contribution in [1.82, 2.24) is 19.8 Å². The van der Waals surface area contributed by atoms with Crippen LogP contribution in [0.25, 0.3) is 6.08 Å². The van der Waals surface area contributed by atoms with Gasteiger partial charge in [0.1, 0.15) is 48.2 Å². The molecule has 23 nitrogen and oxygen atoms in total. The topological polar surface area (TPSA) is 329 Å². The Kier molecular flexibility index (Phi) is 27.4. The van der Waals surface area contributed by atoms with E-state index in [9.17, 15) is 63.4 Å². The lowest BCUT2D eigenvalue weighted by Gasteiger charge is -2.21. The van der Waals surface area contributed by atoms with Crippen molar-refractivity contribution in [3.05, 3.63) is 38.7 Å². The normalized spacial score (nSPS) is 25.5. The van der Waals surface area contributed by atoms with Crippen molar-refractivity contribution in [2.24, 2.45) is 5.92 Å². The Morgan fingerprint density at radius 1 is 0.863 bits per heavy atom. The average Bonchev–Trinajstić information content (AvgIpc) is 3.91. The van der Waals surface area contributed by atoms with E-state index in [-0.39, 0.29) is 61.8 Å². The molecule has 7 N–H and O–H groups in total. The zero-order chi connectivity index (χ0) is 53.5. The molecule has 1 aromatic heterocycles. The summed E-state index contributed by atoms with van der Waals surface area (Å²) in [7, 11) is -1.66. The Bertz CT molecular complexity index is 2130. The summed E-state index contributed by atoms with van der Waals surface area (Å²) in [6.07, 6.45) is 5.75. The summed E-state index contributed by atoms with van der Waals surface area (Å²) in [6.45, 7) is 1.53. The zero-order valence-electron chi connectivity index (χ0n) is 42.2. The minimum Gasteiger partial charge on any atom is -0.396 e. The van der Waals surface area contributed by atoms with Crippen LogP contribution in [0.1, 0.15) is 128 Å². The van der Waals surface area contributed by atoms with Crippen molar-refractivity contribution in [2.45, 2.75) is 170 Å². The number of hydrogen-bond donors (Lipinski definition) is 7. The number of likely N-dealkylation sites (tertiary alicyclic amines) is 1. The van der Waals surface area contributed by atoms with Crippen molar-refractivity contribution < 1.29 is 81.9 Å². The molecule has 3 aliphatic rings. The fourth-order valence-corrected chi connectivity index (χ4v) is 10.7. The minimum atomic E-state index is -4.45. The first-order valence-corrected chi connectivity index (χ1v) is 27.8. The number of thioether (sulfide) groups is 1. The lowest BCUT2D eigenvalue weighted by atomic mass is 10.0. The highest BCUT2D eigenvalue weighted by atomic mass is 32.2. The van der Waals surface area contributed by atoms with Crippen LogP contribution in [-0.2, 0) is 56.5 Å². The number of carbonyl (C=O) groups excluding carboxylic acids is 5. The van der Waals surface area contributed by atoms with E-state index < -0.39 is 85.1 Å². The Balaban J connectivity index is 0.964. The predicted octanol–water partition coefficient (Wildman–Crippen LogP) is 2.08. The molecule has 5 unspecified atom stereocenters. The maximum atomic E-state index is 13.0. The third-order valence-corrected chi connectivity index (χ3v) is 15.2. The zero-order valence-corrected chi connectivity index (χ0v) is 43.9. The molecule has 4 rings (SSSR count). The summed E-state index contributed by atoms with van der Waals surface area (Å²) in [4.78, 5) is 101. The first-order valence-electron chi connectivity index (χ1n) is 25.3. The summed E-state index contributed by atoms with van der Waals surface area (Å²) in [5, 5.41) is 42.7. The molecule has 0 spiro atoms. The number of aromatic amines is 1. The molecular formula is C48H77N4O19PS. The molecule has 3 saturated heterocycles. The van der Waals surface area contributed by atoms with Gasteiger partial charge in [0.05, 0.1) is 36.7 Å². The Hall–Kier alpha value is -3.49. The molecule has 414 valence electrons. The summed E-state index contributed by atoms with van der Waals surface area (Å²) < 4.78 is 44.7. The van der Waals surface area contributed by atoms with E-state index in [1.807, 2.05) is 0 Å². The largest absolute Gasteiger partial charge is 0.472 e. The number of amides is 3. The van der Waals surface area contributed by atoms with E-state index >= 15 is 0 Å². The number of phosphoric acid groups is 1. The van der Waals surface area contributed by atoms with Crippen LogP contribution in [0.5, 0.6) is 0 Å². The molecule has 3 fully saturated rings. The lowest BCUT2D eigenvalue weighted by Crippen LogP contribution is -2.38. The predicted molar refractivity (Wildman–Crippen MR) is 266 cm³/mol. The Morgan fingerprint density at radius 3 is 2.21 bits per heavy atom. The Labute approximate surface area is 429 Å². The van der Waals surface area contributed by atoms with Gasteiger partial charge in [0.25, 0.3) is 5.56 Å². The van der Waals surface area contributed by atoms with Crippen LogP contribution in [0.4, 0.5) is 0 Å². The standard InChI is InChI=1S/C48H77N4O19PS/c1-31-41(58)44(67-3)37(70-31)30-69-72(64,65)68-28-32(27-53)15-9-7-11-16-34(54)17-12-8-14-23-51-40(57)25-38(46(51)62)73-24-21-35(55)18-10-5-4-6-13-22-49-39(56)20-19-33-26-52(48(63)50-45(33)61)47-43(60)42(59)36(71-47)29-66-2/h19-20,26,31-32,36-38,41-44,47,53,58-60H,4-18,21-25,27-30H2,1-3H3,(H,49,56)(H,64,65)(H,50,61,63)/b20-19+/t31-,32?,36+,37+,38?,41+,42?,43-,44?,47+/m0/s1. The summed E-state index contributed by atoms with van der Waals surface area (Å²) >= 11 is 1.33. The van der Waals surface area contributed by atoms with Crippen LogP contribution in [0.15, 0.2) is 21.9 Å². The van der Waals surface area contributed by atoms with Gasteiger partial charge in [-0.25, -0.2) is 9.36 Å². The van der Waals surface area contributed by atoms with Gasteiger partial charge in [-0.05, 0) is 51.5 Å². The second-order valence-electron chi connectivity index (χ2n) is 18.8. The molecule has 0 radical (unpaired) electrons. The van der Waals surface area contributed by atoms with E-state index in [0.717, 1.165) is 42.5 Å². The van der Waals surface area contributed by atoms with E-state index in [0.29, 0.717) is 95.9 Å². The maximum Gasteiger partial charge on any atom is 0.472 e. The van der Waals surface area contributed by atoms with Gasteiger partial charge in [-0.1, -0.05) is 38.5 Å². The molecule has 3 aliphatic heterocycles. The van der Waals surface area contributed by atoms with Gasteiger partial charge in [0.15, 0.2) is 6.23 Å². The van der Waals surface area contributed by atoms with Crippen LogP contribution >= 0.6 is 19.6 Å². The monoisotopic (exact) mass is 1080 g/mol. The van der Waals surface area contributed by atoms with Gasteiger partial charge in [-0.2, -0.15) is 0 Å². The van der Waals surface area contributed by atoms with Crippen LogP contribution in [0.2, 0.25) is 0 Å². The number of unbranched alkanes of at least 4 members (excludes halogenated alkanes) is 8. The van der Waals surface area contributed by atoms with E-state index in [1.165, 1.54) is 37.0 Å². The number of Topliss-reactive ketones (excluding diaryl/α,β-unsaturated/α-hetero) is 2. The first kappa shape index (κ1) is 62.1. The molecule has 3 amide bonds. The van der Waals surface area contributed by atoms with Gasteiger partial charge in [-0.3, -0.25) is 52.3 Å². The highest BCUT2D eigenvalue weighted by Gasteiger charge is 2.45. The number of aliphatic hydroxyl groups excluding tert-OH is 4. The summed E-state index contributed by atoms with van der Waals surface area (Å²) in [5.74, 6) is -0.658. The van der Waals surface area contributed by atoms with E-state index in [2.05, 4.69) is 10.3 Å². The van der Waals surface area contributed by atoms with Crippen molar-refractivity contribution in [3.8, 4) is 0 Å². The molecule has 11 atom stereocenters. The number of rotatable bonds is 37. The summed E-state index contributed by atoms with van der Waals surface area (Å²) in [5.41, 5.74) is -1.64. The van der Waals surface area contributed by atoms with Crippen LogP contribution in [0, 0.1) is 5.92 Å². The van der Waals surface area contributed by atoms with Crippen LogP contribution in [0.3, 0.4) is 0 Å². The number of nitrogens with one attached hydrogen (secondary N) is 2. The third-order valence-electron chi connectivity index (χ3n) is 13.1. The molecular weight excluding hydrogens is 1000 g/mol. The van der Waals surface area contributed by atoms with Gasteiger partial charge in [-0.15, -0.1) is 11.8 Å². The number of imide groups is 1. The number of hydrogen-bond acceptors (Lipinski definition) is 19. The number of aromatic nitrogens is 2. The molecule has 4 heterocycles. The van der Waals surface area contributed by atoms with Crippen molar-refractivity contribution in [2.75, 3.05) is 59.5 Å². The van der Waals surface area contributed by atoms with Crippen LogP contribution < -0.4 is 16.6 Å². The number of carbonyl (C=O) groups is 5. The SMILES string of the molecule is COC[C@H]1O[C@@H](n2cc(/C=C/C(=O)NCCCCCCCC(=O)CCSC3CC(=O)N(CCCCCC(=O)CCCCCC(CO)COP(=O)(O)OC[C@H]4O[C@@H](C)[C@@H](O)C4OC)C3=O)c(=O)[nH]c2=O)[C@@H](O)C1O. The van der Waals surface area contributed by atoms with Crippen molar-refractivity contribution in [3.63, 3.8) is 0 Å². The fraction of sp³-hybridized carbons (Fsp3) is 0.771. The quantitative estimate of drug-likeness (QED) is 0.0217. The minimum absolute atomic E-state index is 0.0260. The lowest BCUT2D eigenvalue weighted by molar-refractivity contribution is -0.138. The molecule has 73 heavy (non-hydrogen) atoms. The number of H-pyrrole nitrogens is 1. The van der Waals surface area contributed by atoms with Crippen molar-refractivity contribution >= 4 is 54.9 Å². The van der Waals surface area contributed by atoms with Gasteiger partial charge >= 0.3 is 13.5 Å². The third kappa shape index (κ3) is 20.5. The second-order valence-corrected chi connectivity index (χ2v) is 21.5. The maximum absolute atomic E-state index is 13.0. The molecule has 0 aromatic carbocycles. The first-order chi connectivity index (χ1) is 34.9. The highest BCUT2D eigenvalue weighted by molar-refractivity contribution is 8.00. The number of methoxy groups -OCH3 is 2. The van der Waals surface area contributed by atoms with Gasteiger partial charge in [0, 0.05) is 90.0 Å². The van der Waals surface area contributed by atoms with Crippen molar-refractivity contribution in [1.29, 1.82) is 0 Å². The molecule has 0 saturated carbocycles.